The summed E-state index contributed by atoms with van der Waals surface area (Å²) in [6, 6.07) is 7.97. The molecule has 2 N–H and O–H groups in total. The van der Waals surface area contributed by atoms with Crippen LogP contribution >= 0.6 is 11.6 Å². The predicted molar refractivity (Wildman–Crippen MR) is 82.5 cm³/mol. The smallest absolute Gasteiger partial charge is 0.0453 e. The third-order valence-electron chi connectivity index (χ3n) is 4.17. The Kier molecular flexibility index (Phi) is 5.68. The van der Waals surface area contributed by atoms with E-state index in [1.807, 2.05) is 24.3 Å². The molecule has 0 bridgehead atoms. The number of hydrogen-bond acceptors (Lipinski definition) is 2. The molecule has 2 nitrogen and oxygen atoms in total. The van der Waals surface area contributed by atoms with E-state index < -0.39 is 0 Å². The highest BCUT2D eigenvalue weighted by atomic mass is 35.5. The van der Waals surface area contributed by atoms with E-state index >= 15 is 0 Å². The molecule has 0 spiro atoms. The SMILES string of the molecule is CC1CCCN(CCC(N)c2ccccc2Cl)CC1. The molecule has 2 atom stereocenters. The summed E-state index contributed by atoms with van der Waals surface area (Å²) in [6.07, 6.45) is 5.00. The number of benzene rings is 1. The predicted octanol–water partition coefficient (Wildman–Crippen LogP) is 3.85. The maximum atomic E-state index is 6.27. The average Bonchev–Trinajstić information content (AvgIpc) is 2.61. The van der Waals surface area contributed by atoms with Gasteiger partial charge in [-0.15, -0.1) is 0 Å². The topological polar surface area (TPSA) is 29.3 Å². The van der Waals surface area contributed by atoms with Crippen LogP contribution in [-0.4, -0.2) is 24.5 Å². The third-order valence-corrected chi connectivity index (χ3v) is 4.51. The van der Waals surface area contributed by atoms with Crippen molar-refractivity contribution in [1.29, 1.82) is 0 Å². The fourth-order valence-corrected chi connectivity index (χ4v) is 3.07. The van der Waals surface area contributed by atoms with Gasteiger partial charge in [-0.2, -0.15) is 0 Å². The molecule has 106 valence electrons. The first-order valence-corrected chi connectivity index (χ1v) is 7.77. The Morgan fingerprint density at radius 3 is 2.89 bits per heavy atom. The van der Waals surface area contributed by atoms with E-state index in [4.69, 9.17) is 17.3 Å². The van der Waals surface area contributed by atoms with Crippen molar-refractivity contribution in [2.24, 2.45) is 11.7 Å². The zero-order valence-corrected chi connectivity index (χ0v) is 12.6. The summed E-state index contributed by atoms with van der Waals surface area (Å²) in [4.78, 5) is 2.56. The minimum absolute atomic E-state index is 0.0503. The molecule has 0 saturated carbocycles. The van der Waals surface area contributed by atoms with Crippen molar-refractivity contribution in [1.82, 2.24) is 4.90 Å². The molecule has 19 heavy (non-hydrogen) atoms. The van der Waals surface area contributed by atoms with Gasteiger partial charge in [0.1, 0.15) is 0 Å². The Labute approximate surface area is 121 Å². The first-order chi connectivity index (χ1) is 9.16. The van der Waals surface area contributed by atoms with Crippen LogP contribution in [0, 0.1) is 5.92 Å². The van der Waals surface area contributed by atoms with Gasteiger partial charge in [-0.3, -0.25) is 0 Å². The second kappa shape index (κ2) is 7.28. The monoisotopic (exact) mass is 280 g/mol. The van der Waals surface area contributed by atoms with Crippen molar-refractivity contribution in [2.75, 3.05) is 19.6 Å². The van der Waals surface area contributed by atoms with Crippen LogP contribution in [0.3, 0.4) is 0 Å². The minimum Gasteiger partial charge on any atom is -0.324 e. The molecular formula is C16H25ClN2. The first kappa shape index (κ1) is 14.8. The van der Waals surface area contributed by atoms with E-state index in [1.165, 1.54) is 32.4 Å². The molecule has 0 aliphatic carbocycles. The van der Waals surface area contributed by atoms with E-state index in [2.05, 4.69) is 11.8 Å². The lowest BCUT2D eigenvalue weighted by Crippen LogP contribution is -2.28. The molecule has 2 rings (SSSR count). The van der Waals surface area contributed by atoms with Crippen LogP contribution in [0.1, 0.15) is 44.2 Å². The summed E-state index contributed by atoms with van der Waals surface area (Å²) >= 11 is 6.19. The zero-order chi connectivity index (χ0) is 13.7. The number of nitrogens with zero attached hydrogens (tertiary/aromatic N) is 1. The van der Waals surface area contributed by atoms with E-state index in [0.717, 1.165) is 29.5 Å². The maximum Gasteiger partial charge on any atom is 0.0453 e. The van der Waals surface area contributed by atoms with Gasteiger partial charge in [0, 0.05) is 11.1 Å². The van der Waals surface area contributed by atoms with Crippen LogP contribution < -0.4 is 5.73 Å². The van der Waals surface area contributed by atoms with Gasteiger partial charge < -0.3 is 10.6 Å². The van der Waals surface area contributed by atoms with Gasteiger partial charge in [0.2, 0.25) is 0 Å². The molecule has 1 aromatic carbocycles. The largest absolute Gasteiger partial charge is 0.324 e. The standard InChI is InChI=1S/C16H25ClN2/c1-13-5-4-10-19(11-8-13)12-9-16(18)14-6-2-3-7-15(14)17/h2-3,6-7,13,16H,4-5,8-12,18H2,1H3. The van der Waals surface area contributed by atoms with Crippen LogP contribution in [0.15, 0.2) is 24.3 Å². The van der Waals surface area contributed by atoms with Gasteiger partial charge in [-0.1, -0.05) is 36.7 Å². The Balaban J connectivity index is 1.83. The van der Waals surface area contributed by atoms with Crippen molar-refractivity contribution in [2.45, 2.75) is 38.6 Å². The van der Waals surface area contributed by atoms with Crippen molar-refractivity contribution >= 4 is 11.6 Å². The Morgan fingerprint density at radius 1 is 1.32 bits per heavy atom. The normalized spacial score (nSPS) is 23.0. The average molecular weight is 281 g/mol. The van der Waals surface area contributed by atoms with Crippen molar-refractivity contribution < 1.29 is 0 Å². The summed E-state index contributed by atoms with van der Waals surface area (Å²) in [5.74, 6) is 0.877. The highest BCUT2D eigenvalue weighted by molar-refractivity contribution is 6.31. The quantitative estimate of drug-likeness (QED) is 0.908. The molecule has 0 aromatic heterocycles. The lowest BCUT2D eigenvalue weighted by molar-refractivity contribution is 0.270. The van der Waals surface area contributed by atoms with E-state index in [9.17, 15) is 0 Å². The summed E-state index contributed by atoms with van der Waals surface area (Å²) in [5.41, 5.74) is 7.34. The lowest BCUT2D eigenvalue weighted by Gasteiger charge is -2.22. The fraction of sp³-hybridized carbons (Fsp3) is 0.625. The molecule has 0 radical (unpaired) electrons. The summed E-state index contributed by atoms with van der Waals surface area (Å²) in [6.45, 7) is 5.88. The molecule has 2 unspecified atom stereocenters. The number of halogens is 1. The van der Waals surface area contributed by atoms with Crippen molar-refractivity contribution in [3.63, 3.8) is 0 Å². The van der Waals surface area contributed by atoms with Crippen LogP contribution in [0.2, 0.25) is 5.02 Å². The van der Waals surface area contributed by atoms with Gasteiger partial charge >= 0.3 is 0 Å². The Hall–Kier alpha value is -0.570. The van der Waals surface area contributed by atoms with Crippen molar-refractivity contribution in [3.05, 3.63) is 34.9 Å². The van der Waals surface area contributed by atoms with Gasteiger partial charge in [0.05, 0.1) is 0 Å². The van der Waals surface area contributed by atoms with Gasteiger partial charge in [0.25, 0.3) is 0 Å². The lowest BCUT2D eigenvalue weighted by atomic mass is 10.0. The van der Waals surface area contributed by atoms with Crippen molar-refractivity contribution in [3.8, 4) is 0 Å². The number of rotatable bonds is 4. The highest BCUT2D eigenvalue weighted by Crippen LogP contribution is 2.24. The highest BCUT2D eigenvalue weighted by Gasteiger charge is 2.15. The van der Waals surface area contributed by atoms with Gasteiger partial charge in [-0.05, 0) is 62.9 Å². The molecular weight excluding hydrogens is 256 g/mol. The van der Waals surface area contributed by atoms with Gasteiger partial charge in [-0.25, -0.2) is 0 Å². The minimum atomic E-state index is 0.0503. The number of hydrogen-bond donors (Lipinski definition) is 1. The molecule has 1 aliphatic heterocycles. The molecule has 1 fully saturated rings. The Bertz CT molecular complexity index is 394. The number of likely N-dealkylation sites (tertiary alicyclic amines) is 1. The molecule has 1 saturated heterocycles. The second-order valence-electron chi connectivity index (χ2n) is 5.79. The molecule has 1 aliphatic rings. The molecule has 1 aromatic rings. The molecule has 0 amide bonds. The maximum absolute atomic E-state index is 6.27. The second-order valence-corrected chi connectivity index (χ2v) is 6.20. The Morgan fingerprint density at radius 2 is 2.11 bits per heavy atom. The first-order valence-electron chi connectivity index (χ1n) is 7.39. The summed E-state index contributed by atoms with van der Waals surface area (Å²) in [5, 5.41) is 0.791. The molecule has 1 heterocycles. The summed E-state index contributed by atoms with van der Waals surface area (Å²) in [7, 11) is 0. The van der Waals surface area contributed by atoms with Crippen LogP contribution in [0.5, 0.6) is 0 Å². The van der Waals surface area contributed by atoms with Crippen LogP contribution in [0.25, 0.3) is 0 Å². The fourth-order valence-electron chi connectivity index (χ4n) is 2.80. The van der Waals surface area contributed by atoms with Crippen LogP contribution in [0.4, 0.5) is 0 Å². The van der Waals surface area contributed by atoms with Gasteiger partial charge in [0.15, 0.2) is 0 Å². The molecule has 3 heteroatoms. The van der Waals surface area contributed by atoms with E-state index in [1.54, 1.807) is 0 Å². The number of nitrogens with two attached hydrogens (primary N) is 1. The third kappa shape index (κ3) is 4.48. The zero-order valence-electron chi connectivity index (χ0n) is 11.8. The van der Waals surface area contributed by atoms with Crippen LogP contribution in [-0.2, 0) is 0 Å². The van der Waals surface area contributed by atoms with E-state index in [0.29, 0.717) is 0 Å². The van der Waals surface area contributed by atoms with E-state index in [-0.39, 0.29) is 6.04 Å². The summed E-state index contributed by atoms with van der Waals surface area (Å²) < 4.78 is 0.